The van der Waals surface area contributed by atoms with Crippen molar-refractivity contribution >= 4 is 35.0 Å². The van der Waals surface area contributed by atoms with Crippen LogP contribution in [0.25, 0.3) is 0 Å². The first-order valence-electron chi connectivity index (χ1n) is 9.41. The minimum Gasteiger partial charge on any atom is -0.381 e. The zero-order chi connectivity index (χ0) is 19.0. The minimum atomic E-state index is -0.326. The van der Waals surface area contributed by atoms with E-state index in [0.717, 1.165) is 24.8 Å². The van der Waals surface area contributed by atoms with Crippen molar-refractivity contribution in [3.8, 4) is 0 Å². The molecule has 6 nitrogen and oxygen atoms in total. The Morgan fingerprint density at radius 2 is 2.15 bits per heavy atom. The number of nitrogens with one attached hydrogen (secondary N) is 1. The summed E-state index contributed by atoms with van der Waals surface area (Å²) >= 11 is 7.31. The Labute approximate surface area is 167 Å². The topological polar surface area (TPSA) is 87.9 Å². The van der Waals surface area contributed by atoms with Crippen LogP contribution in [0, 0.1) is 11.3 Å². The average Bonchev–Trinajstić information content (AvgIpc) is 3.01. The number of nitrogens with zero attached hydrogens (tertiary/aromatic N) is 3. The van der Waals surface area contributed by atoms with Gasteiger partial charge in [-0.25, -0.2) is 9.97 Å². The van der Waals surface area contributed by atoms with E-state index in [-0.39, 0.29) is 10.6 Å². The summed E-state index contributed by atoms with van der Waals surface area (Å²) in [5.41, 5.74) is 6.36. The number of rotatable bonds is 3. The molecule has 0 aromatic carbocycles. The van der Waals surface area contributed by atoms with E-state index in [1.807, 2.05) is 0 Å². The van der Waals surface area contributed by atoms with E-state index in [9.17, 15) is 4.79 Å². The molecule has 1 aliphatic carbocycles. The van der Waals surface area contributed by atoms with E-state index in [0.29, 0.717) is 21.2 Å². The highest BCUT2D eigenvalue weighted by Gasteiger charge is 2.42. The van der Waals surface area contributed by atoms with Crippen LogP contribution in [0.15, 0.2) is 33.2 Å². The second-order valence-corrected chi connectivity index (χ2v) is 9.06. The highest BCUT2D eigenvalue weighted by molar-refractivity contribution is 7.99. The standard InChI is InChI=1S/C19H24ClN5OS/c1-12-3-2-5-19(12)6-9-25(10-7-19)14-11-23-18(16(21)24-14)27-13-4-8-22-17(26)15(13)20/h4,8,11-12H,2-3,5-7,9-10H2,1H3,(H2,21,24)(H,22,26)/t12-/m1/s1. The lowest BCUT2D eigenvalue weighted by atomic mass is 9.71. The highest BCUT2D eigenvalue weighted by atomic mass is 35.5. The van der Waals surface area contributed by atoms with Crippen molar-refractivity contribution in [3.05, 3.63) is 33.8 Å². The summed E-state index contributed by atoms with van der Waals surface area (Å²) in [6.45, 7) is 4.42. The van der Waals surface area contributed by atoms with Gasteiger partial charge in [0.15, 0.2) is 5.82 Å². The summed E-state index contributed by atoms with van der Waals surface area (Å²) in [5, 5.41) is 0.698. The summed E-state index contributed by atoms with van der Waals surface area (Å²) in [4.78, 5) is 26.1. The lowest BCUT2D eigenvalue weighted by molar-refractivity contribution is 0.161. The molecule has 0 radical (unpaired) electrons. The molecule has 4 rings (SSSR count). The maximum absolute atomic E-state index is 11.6. The van der Waals surface area contributed by atoms with Crippen LogP contribution in [0.1, 0.15) is 39.0 Å². The van der Waals surface area contributed by atoms with Gasteiger partial charge in [0.2, 0.25) is 0 Å². The van der Waals surface area contributed by atoms with E-state index in [1.165, 1.54) is 43.9 Å². The Hall–Kier alpha value is -1.73. The minimum absolute atomic E-state index is 0.139. The van der Waals surface area contributed by atoms with Gasteiger partial charge in [0, 0.05) is 24.2 Å². The van der Waals surface area contributed by atoms with Gasteiger partial charge in [-0.05, 0) is 36.7 Å². The normalized spacial score (nSPS) is 21.7. The number of aromatic nitrogens is 3. The molecule has 144 valence electrons. The smallest absolute Gasteiger partial charge is 0.267 e. The Bertz CT molecular complexity index is 894. The highest BCUT2D eigenvalue weighted by Crippen LogP contribution is 2.50. The Balaban J connectivity index is 1.48. The van der Waals surface area contributed by atoms with Gasteiger partial charge >= 0.3 is 0 Å². The molecule has 1 spiro atoms. The van der Waals surface area contributed by atoms with Crippen LogP contribution in [0.4, 0.5) is 11.6 Å². The molecule has 2 aliphatic rings. The monoisotopic (exact) mass is 405 g/mol. The summed E-state index contributed by atoms with van der Waals surface area (Å²) in [6, 6.07) is 1.73. The number of anilines is 2. The number of hydrogen-bond acceptors (Lipinski definition) is 6. The number of aromatic amines is 1. The Kier molecular flexibility index (Phi) is 5.07. The van der Waals surface area contributed by atoms with Gasteiger partial charge in [-0.1, -0.05) is 43.1 Å². The quantitative estimate of drug-likeness (QED) is 0.803. The second kappa shape index (κ2) is 7.36. The molecule has 0 amide bonds. The van der Waals surface area contributed by atoms with E-state index in [2.05, 4.69) is 26.8 Å². The first kappa shape index (κ1) is 18.6. The van der Waals surface area contributed by atoms with Crippen LogP contribution >= 0.6 is 23.4 Å². The van der Waals surface area contributed by atoms with Crippen LogP contribution in [0.2, 0.25) is 5.02 Å². The fourth-order valence-corrected chi connectivity index (χ4v) is 5.49. The van der Waals surface area contributed by atoms with Crippen LogP contribution in [-0.4, -0.2) is 28.0 Å². The van der Waals surface area contributed by atoms with Crippen molar-refractivity contribution in [2.45, 2.75) is 48.9 Å². The molecule has 1 atom stereocenters. The lowest BCUT2D eigenvalue weighted by Gasteiger charge is -2.42. The van der Waals surface area contributed by atoms with E-state index in [4.69, 9.17) is 17.3 Å². The van der Waals surface area contributed by atoms with Crippen molar-refractivity contribution in [2.75, 3.05) is 23.7 Å². The summed E-state index contributed by atoms with van der Waals surface area (Å²) in [5.74, 6) is 2.02. The van der Waals surface area contributed by atoms with Gasteiger partial charge in [-0.2, -0.15) is 0 Å². The molecule has 8 heteroatoms. The molecule has 1 aliphatic heterocycles. The Morgan fingerprint density at radius 1 is 1.37 bits per heavy atom. The van der Waals surface area contributed by atoms with Crippen LogP contribution < -0.4 is 16.2 Å². The van der Waals surface area contributed by atoms with Crippen molar-refractivity contribution in [3.63, 3.8) is 0 Å². The zero-order valence-electron chi connectivity index (χ0n) is 15.4. The van der Waals surface area contributed by atoms with Crippen LogP contribution in [0.5, 0.6) is 0 Å². The Morgan fingerprint density at radius 3 is 2.81 bits per heavy atom. The van der Waals surface area contributed by atoms with E-state index >= 15 is 0 Å². The van der Waals surface area contributed by atoms with E-state index in [1.54, 1.807) is 18.5 Å². The predicted octanol–water partition coefficient (Wildman–Crippen LogP) is 3.96. The fourth-order valence-electron chi connectivity index (χ4n) is 4.47. The molecule has 1 saturated carbocycles. The van der Waals surface area contributed by atoms with Crippen molar-refractivity contribution in [1.82, 2.24) is 15.0 Å². The molecule has 0 bridgehead atoms. The number of pyridine rings is 1. The number of nitrogens with two attached hydrogens (primary N) is 1. The fraction of sp³-hybridized carbons (Fsp3) is 0.526. The summed E-state index contributed by atoms with van der Waals surface area (Å²) in [6.07, 6.45) is 9.86. The molecule has 3 heterocycles. The SMILES string of the molecule is C[C@@H]1CCCC12CCN(c1cnc(Sc3cc[nH]c(=O)c3Cl)c(N)n1)CC2. The molecular formula is C19H24ClN5OS. The first-order valence-corrected chi connectivity index (χ1v) is 10.6. The van der Waals surface area contributed by atoms with Gasteiger partial charge in [0.1, 0.15) is 15.9 Å². The third-order valence-corrected chi connectivity index (χ3v) is 7.82. The zero-order valence-corrected chi connectivity index (χ0v) is 16.9. The molecule has 1 saturated heterocycles. The van der Waals surface area contributed by atoms with Gasteiger partial charge in [-0.15, -0.1) is 0 Å². The van der Waals surface area contributed by atoms with Crippen LogP contribution in [0.3, 0.4) is 0 Å². The molecule has 3 N–H and O–H groups in total. The first-order chi connectivity index (χ1) is 13.0. The van der Waals surface area contributed by atoms with Crippen molar-refractivity contribution in [2.24, 2.45) is 11.3 Å². The maximum atomic E-state index is 11.6. The molecule has 27 heavy (non-hydrogen) atoms. The third-order valence-electron chi connectivity index (χ3n) is 6.26. The van der Waals surface area contributed by atoms with Crippen molar-refractivity contribution < 1.29 is 0 Å². The molecule has 2 aromatic rings. The van der Waals surface area contributed by atoms with Crippen LogP contribution in [-0.2, 0) is 0 Å². The predicted molar refractivity (Wildman–Crippen MR) is 110 cm³/mol. The van der Waals surface area contributed by atoms with E-state index < -0.39 is 0 Å². The number of piperidine rings is 1. The number of nitrogen functional groups attached to an aromatic ring is 1. The molecule has 2 aromatic heterocycles. The third kappa shape index (κ3) is 3.55. The number of hydrogen-bond donors (Lipinski definition) is 2. The molecule has 0 unspecified atom stereocenters. The van der Waals surface area contributed by atoms with Gasteiger partial charge in [0.05, 0.1) is 6.20 Å². The summed E-state index contributed by atoms with van der Waals surface area (Å²) in [7, 11) is 0. The van der Waals surface area contributed by atoms with Gasteiger partial charge in [-0.3, -0.25) is 4.79 Å². The lowest BCUT2D eigenvalue weighted by Crippen LogP contribution is -2.41. The second-order valence-electron chi connectivity index (χ2n) is 7.65. The van der Waals surface area contributed by atoms with Crippen molar-refractivity contribution in [1.29, 1.82) is 0 Å². The summed E-state index contributed by atoms with van der Waals surface area (Å²) < 4.78 is 0. The largest absolute Gasteiger partial charge is 0.381 e. The molecular weight excluding hydrogens is 382 g/mol. The average molecular weight is 406 g/mol. The number of halogens is 1. The van der Waals surface area contributed by atoms with Gasteiger partial charge in [0.25, 0.3) is 5.56 Å². The maximum Gasteiger partial charge on any atom is 0.267 e. The number of H-pyrrole nitrogens is 1. The van der Waals surface area contributed by atoms with Gasteiger partial charge < -0.3 is 15.6 Å². The molecule has 2 fully saturated rings.